The van der Waals surface area contributed by atoms with Gasteiger partial charge in [-0.3, -0.25) is 4.79 Å². The van der Waals surface area contributed by atoms with Gasteiger partial charge in [-0.2, -0.15) is 0 Å². The molecule has 3 aromatic rings. The van der Waals surface area contributed by atoms with Crippen molar-refractivity contribution in [3.05, 3.63) is 74.3 Å². The lowest BCUT2D eigenvalue weighted by molar-refractivity contribution is 0.142. The van der Waals surface area contributed by atoms with E-state index < -0.39 is 0 Å². The van der Waals surface area contributed by atoms with E-state index in [0.29, 0.717) is 18.5 Å². The summed E-state index contributed by atoms with van der Waals surface area (Å²) in [6.45, 7) is 8.35. The SMILES string of the molecule is C=CC(OC)c1cc2n(c(=O)c1CCC)Cc1c-2nc2cc(F)c(C)c3c2c1CCC3. The van der Waals surface area contributed by atoms with Crippen LogP contribution in [0.2, 0.25) is 0 Å². The van der Waals surface area contributed by atoms with E-state index in [1.807, 2.05) is 17.6 Å². The first kappa shape index (κ1) is 20.1. The number of rotatable bonds is 5. The lowest BCUT2D eigenvalue weighted by atomic mass is 9.85. The van der Waals surface area contributed by atoms with Crippen LogP contribution in [0.1, 0.15) is 59.3 Å². The average Bonchev–Trinajstić information content (AvgIpc) is 3.14. The average molecular weight is 419 g/mol. The van der Waals surface area contributed by atoms with E-state index in [0.717, 1.165) is 70.3 Å². The van der Waals surface area contributed by atoms with E-state index in [1.165, 1.54) is 5.56 Å². The van der Waals surface area contributed by atoms with Gasteiger partial charge in [0.25, 0.3) is 5.56 Å². The van der Waals surface area contributed by atoms with Gasteiger partial charge in [-0.25, -0.2) is 9.37 Å². The Morgan fingerprint density at radius 3 is 2.77 bits per heavy atom. The molecule has 31 heavy (non-hydrogen) atoms. The Morgan fingerprint density at radius 2 is 2.06 bits per heavy atom. The Labute approximate surface area is 181 Å². The third-order valence-electron chi connectivity index (χ3n) is 6.94. The predicted molar refractivity (Wildman–Crippen MR) is 121 cm³/mol. The first-order valence-corrected chi connectivity index (χ1v) is 11.1. The maximum atomic E-state index is 14.6. The number of aryl methyl sites for hydroxylation is 2. The molecule has 0 amide bonds. The number of ether oxygens (including phenoxy) is 1. The van der Waals surface area contributed by atoms with E-state index in [9.17, 15) is 9.18 Å². The summed E-state index contributed by atoms with van der Waals surface area (Å²) in [5.41, 5.74) is 8.11. The number of methoxy groups -OCH3 is 1. The zero-order valence-electron chi connectivity index (χ0n) is 18.3. The molecular formula is C26H27FN2O2. The molecule has 3 heterocycles. The number of nitrogens with zero attached hydrogens (tertiary/aromatic N) is 2. The minimum absolute atomic E-state index is 0.0194. The van der Waals surface area contributed by atoms with E-state index >= 15 is 0 Å². The lowest BCUT2D eigenvalue weighted by Crippen LogP contribution is -2.26. The summed E-state index contributed by atoms with van der Waals surface area (Å²) < 4.78 is 22.1. The monoisotopic (exact) mass is 418 g/mol. The Hall–Kier alpha value is -2.79. The van der Waals surface area contributed by atoms with Gasteiger partial charge in [0.2, 0.25) is 0 Å². The number of hydrogen-bond donors (Lipinski definition) is 0. The van der Waals surface area contributed by atoms with Gasteiger partial charge in [0.1, 0.15) is 11.9 Å². The molecule has 0 fully saturated rings. The molecule has 1 aliphatic carbocycles. The normalized spacial score (nSPS) is 15.1. The Kier molecular flexibility index (Phi) is 4.82. The number of halogens is 1. The summed E-state index contributed by atoms with van der Waals surface area (Å²) in [5, 5.41) is 1.10. The van der Waals surface area contributed by atoms with Crippen molar-refractivity contribution >= 4 is 10.9 Å². The first-order chi connectivity index (χ1) is 15.0. The molecule has 0 saturated heterocycles. The summed E-state index contributed by atoms with van der Waals surface area (Å²) in [6.07, 6.45) is 5.73. The number of benzene rings is 1. The van der Waals surface area contributed by atoms with E-state index in [-0.39, 0.29) is 17.5 Å². The second kappa shape index (κ2) is 7.41. The fraction of sp³-hybridized carbons (Fsp3) is 0.385. The Bertz CT molecular complexity index is 1310. The van der Waals surface area contributed by atoms with Gasteiger partial charge in [-0.15, -0.1) is 6.58 Å². The van der Waals surface area contributed by atoms with Crippen LogP contribution < -0.4 is 5.56 Å². The van der Waals surface area contributed by atoms with Crippen LogP contribution in [-0.4, -0.2) is 16.7 Å². The maximum absolute atomic E-state index is 14.6. The second-order valence-corrected chi connectivity index (χ2v) is 8.62. The van der Waals surface area contributed by atoms with Crippen LogP contribution in [0, 0.1) is 12.7 Å². The van der Waals surface area contributed by atoms with E-state index in [1.54, 1.807) is 19.3 Å². The van der Waals surface area contributed by atoms with Gasteiger partial charge in [0.15, 0.2) is 0 Å². The van der Waals surface area contributed by atoms with Crippen molar-refractivity contribution in [2.45, 2.75) is 58.6 Å². The molecule has 5 rings (SSSR count). The molecule has 1 aromatic carbocycles. The molecule has 1 unspecified atom stereocenters. The second-order valence-electron chi connectivity index (χ2n) is 8.62. The zero-order chi connectivity index (χ0) is 21.9. The molecule has 160 valence electrons. The quantitative estimate of drug-likeness (QED) is 0.419. The van der Waals surface area contributed by atoms with Crippen LogP contribution in [-0.2, 0) is 30.5 Å². The molecule has 0 bridgehead atoms. The van der Waals surface area contributed by atoms with Gasteiger partial charge >= 0.3 is 0 Å². The number of fused-ring (bicyclic) bond motifs is 4. The number of hydrogen-bond acceptors (Lipinski definition) is 3. The summed E-state index contributed by atoms with van der Waals surface area (Å²) >= 11 is 0. The standard InChI is InChI=1S/C26H27FN2O2/c1-5-8-17-18(23(6-2)31-4)11-22-25-19(13-29(22)26(17)30)16-10-7-9-15-14(3)20(27)12-21(28-25)24(15)16/h6,11-12,23H,2,5,7-10,13H2,1,3-4H3. The third kappa shape index (κ3) is 2.83. The van der Waals surface area contributed by atoms with Crippen LogP contribution in [0.5, 0.6) is 0 Å². The van der Waals surface area contributed by atoms with Crippen molar-refractivity contribution in [3.8, 4) is 11.4 Å². The van der Waals surface area contributed by atoms with Gasteiger partial charge < -0.3 is 9.30 Å². The minimum atomic E-state index is -0.352. The minimum Gasteiger partial charge on any atom is -0.373 e. The molecule has 5 heteroatoms. The predicted octanol–water partition coefficient (Wildman–Crippen LogP) is 5.19. The summed E-state index contributed by atoms with van der Waals surface area (Å²) in [5.74, 6) is -0.205. The number of aromatic nitrogens is 2. The highest BCUT2D eigenvalue weighted by Gasteiger charge is 2.31. The molecular weight excluding hydrogens is 391 g/mol. The van der Waals surface area contributed by atoms with E-state index in [2.05, 4.69) is 13.5 Å². The molecule has 0 spiro atoms. The highest BCUT2D eigenvalue weighted by atomic mass is 19.1. The van der Waals surface area contributed by atoms with Crippen LogP contribution in [0.3, 0.4) is 0 Å². The van der Waals surface area contributed by atoms with Crippen molar-refractivity contribution in [1.29, 1.82) is 0 Å². The molecule has 0 N–H and O–H groups in total. The fourth-order valence-corrected chi connectivity index (χ4v) is 5.43. The zero-order valence-corrected chi connectivity index (χ0v) is 18.3. The Morgan fingerprint density at radius 1 is 1.29 bits per heavy atom. The van der Waals surface area contributed by atoms with Crippen molar-refractivity contribution < 1.29 is 9.13 Å². The first-order valence-electron chi connectivity index (χ1n) is 11.1. The largest absolute Gasteiger partial charge is 0.373 e. The van der Waals surface area contributed by atoms with Gasteiger partial charge in [-0.05, 0) is 60.9 Å². The molecule has 1 atom stereocenters. The van der Waals surface area contributed by atoms with Crippen molar-refractivity contribution in [3.63, 3.8) is 0 Å². The third-order valence-corrected chi connectivity index (χ3v) is 6.94. The molecule has 4 nitrogen and oxygen atoms in total. The van der Waals surface area contributed by atoms with Crippen LogP contribution in [0.25, 0.3) is 22.3 Å². The van der Waals surface area contributed by atoms with E-state index in [4.69, 9.17) is 9.72 Å². The van der Waals surface area contributed by atoms with Gasteiger partial charge in [0, 0.05) is 29.7 Å². The van der Waals surface area contributed by atoms with Crippen molar-refractivity contribution in [2.24, 2.45) is 0 Å². The summed E-state index contributed by atoms with van der Waals surface area (Å²) in [4.78, 5) is 18.4. The molecule has 2 aliphatic rings. The molecule has 0 saturated carbocycles. The smallest absolute Gasteiger partial charge is 0.254 e. The maximum Gasteiger partial charge on any atom is 0.254 e. The topological polar surface area (TPSA) is 44.1 Å². The Balaban J connectivity index is 1.83. The number of pyridine rings is 2. The summed E-state index contributed by atoms with van der Waals surface area (Å²) in [6, 6.07) is 3.59. The van der Waals surface area contributed by atoms with Crippen LogP contribution >= 0.6 is 0 Å². The highest BCUT2D eigenvalue weighted by Crippen LogP contribution is 2.41. The van der Waals surface area contributed by atoms with Crippen molar-refractivity contribution in [1.82, 2.24) is 9.55 Å². The summed E-state index contributed by atoms with van der Waals surface area (Å²) in [7, 11) is 1.63. The van der Waals surface area contributed by atoms with Gasteiger partial charge in [-0.1, -0.05) is 19.4 Å². The molecule has 2 aromatic heterocycles. The van der Waals surface area contributed by atoms with Crippen LogP contribution in [0.4, 0.5) is 4.39 Å². The lowest BCUT2D eigenvalue weighted by Gasteiger charge is -2.22. The van der Waals surface area contributed by atoms with Crippen LogP contribution in [0.15, 0.2) is 29.6 Å². The molecule has 1 aliphatic heterocycles. The van der Waals surface area contributed by atoms with Gasteiger partial charge in [0.05, 0.1) is 23.4 Å². The highest BCUT2D eigenvalue weighted by molar-refractivity contribution is 5.92. The van der Waals surface area contributed by atoms with Crippen molar-refractivity contribution in [2.75, 3.05) is 7.11 Å². The molecule has 0 radical (unpaired) electrons. The fourth-order valence-electron chi connectivity index (χ4n) is 5.43.